The molecule has 0 atom stereocenters. The van der Waals surface area contributed by atoms with Crippen LogP contribution in [0.5, 0.6) is 5.75 Å². The number of nitrogen functional groups attached to an aromatic ring is 1. The average Bonchev–Trinajstić information content (AvgIpc) is 2.93. The van der Waals surface area contributed by atoms with Crippen LogP contribution in [0.3, 0.4) is 0 Å². The van der Waals surface area contributed by atoms with Crippen molar-refractivity contribution in [3.05, 3.63) is 53.1 Å². The second kappa shape index (κ2) is 5.98. The van der Waals surface area contributed by atoms with Crippen LogP contribution in [0.15, 0.2) is 36.4 Å². The average molecular weight is 361 g/mol. The molecule has 2 aromatic heterocycles. The van der Waals surface area contributed by atoms with Crippen molar-refractivity contribution >= 4 is 33.9 Å². The zero-order valence-corrected chi connectivity index (χ0v) is 15.0. The van der Waals surface area contributed by atoms with Gasteiger partial charge >= 0.3 is 0 Å². The van der Waals surface area contributed by atoms with Crippen LogP contribution in [0, 0.1) is 6.92 Å². The molecule has 0 unspecified atom stereocenters. The quantitative estimate of drug-likeness (QED) is 0.518. The molecule has 136 valence electrons. The Hall–Kier alpha value is -3.61. The van der Waals surface area contributed by atoms with E-state index in [4.69, 9.17) is 16.5 Å². The number of carbonyl (C=O) groups excluding carboxylic acids is 1. The number of carbonyl (C=O) groups is 1. The predicted octanol–water partition coefficient (Wildman–Crippen LogP) is 2.83. The predicted molar refractivity (Wildman–Crippen MR) is 105 cm³/mol. The molecule has 4 rings (SSSR count). The van der Waals surface area contributed by atoms with Crippen molar-refractivity contribution in [2.24, 2.45) is 5.73 Å². The Morgan fingerprint density at radius 1 is 1.15 bits per heavy atom. The molecule has 27 heavy (non-hydrogen) atoms. The van der Waals surface area contributed by atoms with Gasteiger partial charge in [-0.1, -0.05) is 25.1 Å². The number of rotatable bonds is 3. The zero-order valence-electron chi connectivity index (χ0n) is 15.0. The molecule has 0 saturated carbocycles. The molecule has 0 spiro atoms. The van der Waals surface area contributed by atoms with Crippen molar-refractivity contribution in [2.75, 3.05) is 5.73 Å². The molecule has 0 aliphatic rings. The van der Waals surface area contributed by atoms with Crippen molar-refractivity contribution < 1.29 is 9.90 Å². The summed E-state index contributed by atoms with van der Waals surface area (Å²) < 4.78 is 1.67. The maximum atomic E-state index is 12.1. The lowest BCUT2D eigenvalue weighted by atomic mass is 10.0. The van der Waals surface area contributed by atoms with E-state index < -0.39 is 5.91 Å². The number of amides is 1. The second-order valence-electron chi connectivity index (χ2n) is 6.42. The molecule has 0 fully saturated rings. The Morgan fingerprint density at radius 2 is 1.81 bits per heavy atom. The minimum absolute atomic E-state index is 0.132. The van der Waals surface area contributed by atoms with Crippen LogP contribution in [0.1, 0.15) is 28.4 Å². The lowest BCUT2D eigenvalue weighted by Gasteiger charge is -2.16. The summed E-state index contributed by atoms with van der Waals surface area (Å²) >= 11 is 0. The van der Waals surface area contributed by atoms with Crippen LogP contribution in [-0.4, -0.2) is 25.5 Å². The van der Waals surface area contributed by atoms with Crippen LogP contribution < -0.4 is 11.5 Å². The van der Waals surface area contributed by atoms with Crippen molar-refractivity contribution in [3.63, 3.8) is 0 Å². The van der Waals surface area contributed by atoms with E-state index in [0.29, 0.717) is 39.9 Å². The van der Waals surface area contributed by atoms with Gasteiger partial charge < -0.3 is 16.6 Å². The number of aromatic nitrogens is 3. The van der Waals surface area contributed by atoms with Gasteiger partial charge in [0.1, 0.15) is 22.6 Å². The molecule has 0 saturated heterocycles. The zero-order chi connectivity index (χ0) is 19.3. The van der Waals surface area contributed by atoms with Gasteiger partial charge in [0.05, 0.1) is 16.7 Å². The molecule has 7 heteroatoms. The first kappa shape index (κ1) is 16.8. The number of hydrogen-bond acceptors (Lipinski definition) is 5. The first-order valence-corrected chi connectivity index (χ1v) is 8.62. The third-order valence-electron chi connectivity index (χ3n) is 4.83. The van der Waals surface area contributed by atoms with Gasteiger partial charge in [-0.05, 0) is 37.1 Å². The molecule has 4 aromatic rings. The van der Waals surface area contributed by atoms with E-state index >= 15 is 0 Å². The number of aryl methyl sites for hydroxylation is 1. The van der Waals surface area contributed by atoms with Crippen LogP contribution in [0.2, 0.25) is 0 Å². The van der Waals surface area contributed by atoms with Gasteiger partial charge in [0.15, 0.2) is 5.65 Å². The summed E-state index contributed by atoms with van der Waals surface area (Å²) in [6.45, 7) is 3.81. The van der Waals surface area contributed by atoms with Crippen LogP contribution in [0.25, 0.3) is 27.9 Å². The number of nitrogens with zero attached hydrogens (tertiary/aromatic N) is 3. The normalized spacial score (nSPS) is 11.3. The minimum atomic E-state index is -0.670. The van der Waals surface area contributed by atoms with E-state index in [9.17, 15) is 9.90 Å². The largest absolute Gasteiger partial charge is 0.508 e. The van der Waals surface area contributed by atoms with E-state index in [0.717, 1.165) is 5.56 Å². The fourth-order valence-corrected chi connectivity index (χ4v) is 3.47. The molecule has 0 bridgehead atoms. The molecule has 0 aliphatic carbocycles. The summed E-state index contributed by atoms with van der Waals surface area (Å²) in [5, 5.41) is 10.3. The van der Waals surface area contributed by atoms with Gasteiger partial charge in [-0.2, -0.15) is 0 Å². The third kappa shape index (κ3) is 2.39. The Labute approximate surface area is 155 Å². The summed E-state index contributed by atoms with van der Waals surface area (Å²) in [6.07, 6.45) is 0.711. The number of phenolic OH excluding ortho intramolecular Hbond substituents is 1. The Kier molecular flexibility index (Phi) is 3.73. The third-order valence-corrected chi connectivity index (χ3v) is 4.83. The highest BCUT2D eigenvalue weighted by Crippen LogP contribution is 2.35. The lowest BCUT2D eigenvalue weighted by Crippen LogP contribution is -2.14. The van der Waals surface area contributed by atoms with Gasteiger partial charge in [0.25, 0.3) is 5.91 Å². The number of phenols is 1. The highest BCUT2D eigenvalue weighted by molar-refractivity contribution is 6.10. The standard InChI is InChI=1S/C20H19N5O2/c1-3-11-8-9-14(26)10(2)17(11)25-18(21)15(19(22)27)16-20(25)24-13-7-5-4-6-12(13)23-16/h4-9,26H,3,21H2,1-2H3,(H2,22,27). The molecule has 2 aromatic carbocycles. The molecule has 7 nitrogen and oxygen atoms in total. The summed E-state index contributed by atoms with van der Waals surface area (Å²) in [4.78, 5) is 21.4. The monoisotopic (exact) mass is 361 g/mol. The molecule has 5 N–H and O–H groups in total. The van der Waals surface area contributed by atoms with Gasteiger partial charge in [0, 0.05) is 5.56 Å². The number of hydrogen-bond donors (Lipinski definition) is 3. The van der Waals surface area contributed by atoms with Crippen molar-refractivity contribution in [1.29, 1.82) is 0 Å². The maximum absolute atomic E-state index is 12.1. The summed E-state index contributed by atoms with van der Waals surface area (Å²) in [5.74, 6) is -0.370. The van der Waals surface area contributed by atoms with Crippen LogP contribution >= 0.6 is 0 Å². The number of benzene rings is 2. The molecule has 2 heterocycles. The molecule has 0 radical (unpaired) electrons. The number of primary amides is 1. The van der Waals surface area contributed by atoms with Crippen LogP contribution in [-0.2, 0) is 6.42 Å². The summed E-state index contributed by atoms with van der Waals surface area (Å²) in [6, 6.07) is 10.9. The van der Waals surface area contributed by atoms with Crippen LogP contribution in [0.4, 0.5) is 5.82 Å². The molecule has 1 amide bonds. The number of para-hydroxylation sites is 2. The van der Waals surface area contributed by atoms with Gasteiger partial charge in [0.2, 0.25) is 0 Å². The highest BCUT2D eigenvalue weighted by Gasteiger charge is 2.25. The highest BCUT2D eigenvalue weighted by atomic mass is 16.3. The molecule has 0 aliphatic heterocycles. The summed E-state index contributed by atoms with van der Waals surface area (Å²) in [5.41, 5.74) is 16.5. The number of anilines is 1. The fourth-order valence-electron chi connectivity index (χ4n) is 3.47. The number of nitrogens with two attached hydrogens (primary N) is 2. The topological polar surface area (TPSA) is 120 Å². The number of aromatic hydroxyl groups is 1. The van der Waals surface area contributed by atoms with E-state index in [-0.39, 0.29) is 17.1 Å². The Bertz CT molecular complexity index is 1230. The number of fused-ring (bicyclic) bond motifs is 2. The first-order valence-electron chi connectivity index (χ1n) is 8.62. The smallest absolute Gasteiger partial charge is 0.254 e. The lowest BCUT2D eigenvalue weighted by molar-refractivity contribution is 0.100. The SMILES string of the molecule is CCc1ccc(O)c(C)c1-n1c(N)c(C(N)=O)c2nc3ccccc3nc21. The van der Waals surface area contributed by atoms with E-state index in [1.165, 1.54) is 0 Å². The van der Waals surface area contributed by atoms with Crippen molar-refractivity contribution in [1.82, 2.24) is 14.5 Å². The van der Waals surface area contributed by atoms with E-state index in [1.807, 2.05) is 37.3 Å². The fraction of sp³-hybridized carbons (Fsp3) is 0.150. The van der Waals surface area contributed by atoms with E-state index in [1.54, 1.807) is 17.6 Å². The Balaban J connectivity index is 2.23. The van der Waals surface area contributed by atoms with Gasteiger partial charge in [-0.15, -0.1) is 0 Å². The molecular weight excluding hydrogens is 342 g/mol. The van der Waals surface area contributed by atoms with Crippen molar-refractivity contribution in [3.8, 4) is 11.4 Å². The minimum Gasteiger partial charge on any atom is -0.508 e. The Morgan fingerprint density at radius 3 is 2.44 bits per heavy atom. The first-order chi connectivity index (χ1) is 12.9. The van der Waals surface area contributed by atoms with Gasteiger partial charge in [-0.3, -0.25) is 9.36 Å². The van der Waals surface area contributed by atoms with Crippen molar-refractivity contribution in [2.45, 2.75) is 20.3 Å². The van der Waals surface area contributed by atoms with E-state index in [2.05, 4.69) is 4.98 Å². The molecular formula is C20H19N5O2. The second-order valence-corrected chi connectivity index (χ2v) is 6.42. The maximum Gasteiger partial charge on any atom is 0.254 e. The summed E-state index contributed by atoms with van der Waals surface area (Å²) in [7, 11) is 0. The van der Waals surface area contributed by atoms with Gasteiger partial charge in [-0.25, -0.2) is 9.97 Å².